The van der Waals surface area contributed by atoms with Gasteiger partial charge in [0, 0.05) is 6.20 Å². The fraction of sp³-hybridized carbons (Fsp3) is 0.694. The van der Waals surface area contributed by atoms with E-state index in [1.54, 1.807) is 22.7 Å². The maximum Gasteiger partial charge on any atom is 0.386 e. The van der Waals surface area contributed by atoms with Gasteiger partial charge in [-0.05, 0) is 72.2 Å². The fourth-order valence-corrected chi connectivity index (χ4v) is 14.0. The SMILES string of the molecule is CC(C)(C)[Si](C)(C)O[C@@H]1[C@@H]2OP(O)(=S)OC[C@H]3O[C@@H](n4cnc5c(N)ncnc54)[C@H](OP(=O)(S)OC[C@H]2O[C@H]1n1cc2c4c(ncnc41)SCCC2)[C@@H]3O[Si](C)(C)C(C)(C)C. The van der Waals surface area contributed by atoms with E-state index >= 15 is 0 Å². The number of nitrogens with two attached hydrogens (primary N) is 1. The smallest absolute Gasteiger partial charge is 0.386 e. The zero-order chi connectivity index (χ0) is 44.1. The molecule has 0 aromatic carbocycles. The Kier molecular flexibility index (Phi) is 12.5. The standard InChI is InChI=1S/C36H56N8O10P2S3Si2/c1-35(2,3)60(7,8)53-26-22-16-48-55(45,57)51-25-21(15-47-56(46,58)52-27(26)33(50-22)44-19-42-24-29(37)38-17-40-31(24)44)49-34(28(25)54-61(9,10)36(4,5)6)43-14-20-12-11-13-59-32-23(20)30(43)39-18-41-32/h14,17-19,21-22,25-28,33-34H,11-13,15-16H2,1-10H3,(H,45,57)(H,46,58)(H2,37,38,40)/t21-,22-,25-,26-,27-,28-,33-,34-,55?,56?/m1/s1. The van der Waals surface area contributed by atoms with Crippen molar-refractivity contribution in [1.29, 1.82) is 0 Å². The molecule has 18 nitrogen and oxygen atoms in total. The van der Waals surface area contributed by atoms with Crippen molar-refractivity contribution >= 4 is 94.0 Å². The van der Waals surface area contributed by atoms with Gasteiger partial charge in [0.05, 0.1) is 24.9 Å². The predicted molar refractivity (Wildman–Crippen MR) is 243 cm³/mol. The Morgan fingerprint density at radius 3 is 2.21 bits per heavy atom. The number of thiol groups is 1. The molecule has 0 radical (unpaired) electrons. The molecule has 8 heterocycles. The zero-order valence-electron chi connectivity index (χ0n) is 36.0. The van der Waals surface area contributed by atoms with Crippen LogP contribution in [0.4, 0.5) is 5.82 Å². The van der Waals surface area contributed by atoms with E-state index in [-0.39, 0.29) is 29.1 Å². The molecule has 3 saturated heterocycles. The quantitative estimate of drug-likeness (QED) is 0.0737. The second kappa shape index (κ2) is 16.5. The van der Waals surface area contributed by atoms with Crippen LogP contribution in [0.2, 0.25) is 36.3 Å². The second-order valence-corrected chi connectivity index (χ2v) is 35.2. The van der Waals surface area contributed by atoms with Crippen LogP contribution in [0.1, 0.15) is 66.0 Å². The predicted octanol–water partition coefficient (Wildman–Crippen LogP) is 7.54. The number of thioether (sulfide) groups is 1. The molecule has 4 aromatic heterocycles. The van der Waals surface area contributed by atoms with Crippen LogP contribution in [-0.2, 0) is 59.2 Å². The monoisotopic (exact) mass is 974 g/mol. The summed E-state index contributed by atoms with van der Waals surface area (Å²) in [7, 11) is -5.23. The second-order valence-electron chi connectivity index (χ2n) is 19.0. The van der Waals surface area contributed by atoms with Crippen molar-refractivity contribution in [2.45, 2.75) is 145 Å². The molecule has 0 saturated carbocycles. The van der Waals surface area contributed by atoms with Crippen LogP contribution in [0.15, 0.2) is 30.2 Å². The van der Waals surface area contributed by atoms with Gasteiger partial charge in [0.1, 0.15) is 65.5 Å². The number of nitrogens with zero attached hydrogens (tertiary/aromatic N) is 7. The van der Waals surface area contributed by atoms with Gasteiger partial charge in [-0.15, -0.1) is 11.8 Å². The van der Waals surface area contributed by atoms with Crippen molar-refractivity contribution in [1.82, 2.24) is 34.1 Å². The number of aromatic nitrogens is 7. The lowest BCUT2D eigenvalue weighted by Crippen LogP contribution is -2.50. The number of hydrogen-bond acceptors (Lipinski definition) is 17. The minimum Gasteiger partial charge on any atom is -0.408 e. The minimum atomic E-state index is -4.31. The summed E-state index contributed by atoms with van der Waals surface area (Å²) >= 11 is 12.1. The summed E-state index contributed by atoms with van der Waals surface area (Å²) in [6, 6.07) is 0. The zero-order valence-corrected chi connectivity index (χ0v) is 42.3. The Balaban J connectivity index is 1.20. The van der Waals surface area contributed by atoms with E-state index in [9.17, 15) is 9.46 Å². The Morgan fingerprint density at radius 2 is 1.51 bits per heavy atom. The van der Waals surface area contributed by atoms with Crippen LogP contribution in [-0.4, -0.2) is 111 Å². The van der Waals surface area contributed by atoms with E-state index in [1.807, 2.05) is 10.8 Å². The molecule has 25 heteroatoms. The van der Waals surface area contributed by atoms with E-state index in [1.165, 1.54) is 12.7 Å². The summed E-state index contributed by atoms with van der Waals surface area (Å²) < 4.78 is 71.4. The average molecular weight is 975 g/mol. The lowest BCUT2D eigenvalue weighted by molar-refractivity contribution is -0.0585. The van der Waals surface area contributed by atoms with Crippen molar-refractivity contribution in [3.05, 3.63) is 30.7 Å². The molecular weight excluding hydrogens is 919 g/mol. The minimum absolute atomic E-state index is 0.163. The summed E-state index contributed by atoms with van der Waals surface area (Å²) in [5.74, 6) is 1.11. The van der Waals surface area contributed by atoms with Gasteiger partial charge >= 0.3 is 13.5 Å². The van der Waals surface area contributed by atoms with Gasteiger partial charge in [0.25, 0.3) is 0 Å². The Bertz CT molecular complexity index is 2400. The van der Waals surface area contributed by atoms with Crippen molar-refractivity contribution in [3.63, 3.8) is 0 Å². The number of fused-ring (bicyclic) bond motifs is 4. The molecular formula is C36H56N8O10P2S3Si2. The van der Waals surface area contributed by atoms with Crippen molar-refractivity contribution in [2.75, 3.05) is 24.7 Å². The topological polar surface area (TPSA) is 211 Å². The summed E-state index contributed by atoms with van der Waals surface area (Å²) in [4.78, 5) is 34.4. The van der Waals surface area contributed by atoms with Gasteiger partial charge in [0.15, 0.2) is 40.6 Å². The first-order valence-corrected chi connectivity index (χ1v) is 32.3. The summed E-state index contributed by atoms with van der Waals surface area (Å²) in [6.07, 6.45) is 0.368. The van der Waals surface area contributed by atoms with Crippen LogP contribution in [0.25, 0.3) is 22.2 Å². The molecule has 4 aromatic rings. The molecule has 2 unspecified atom stereocenters. The average Bonchev–Trinajstić information content (AvgIpc) is 3.87. The largest absolute Gasteiger partial charge is 0.408 e. The first-order valence-electron chi connectivity index (χ1n) is 20.2. The highest BCUT2D eigenvalue weighted by Crippen LogP contribution is 2.60. The van der Waals surface area contributed by atoms with Gasteiger partial charge in [0.2, 0.25) is 0 Å². The van der Waals surface area contributed by atoms with Crippen molar-refractivity contribution in [2.24, 2.45) is 0 Å². The molecule has 10 atom stereocenters. The van der Waals surface area contributed by atoms with E-state index in [0.29, 0.717) is 16.8 Å². The molecule has 3 N–H and O–H groups in total. The third-order valence-electron chi connectivity index (χ3n) is 12.8. The number of hydrogen-bond donors (Lipinski definition) is 3. The number of imidazole rings is 1. The number of rotatable bonds is 6. The first kappa shape index (κ1) is 46.2. The van der Waals surface area contributed by atoms with E-state index in [2.05, 4.69) is 99.9 Å². The lowest BCUT2D eigenvalue weighted by atomic mass is 10.1. The normalized spacial score (nSPS) is 33.2. The van der Waals surface area contributed by atoms with Crippen LogP contribution in [0.5, 0.6) is 0 Å². The van der Waals surface area contributed by atoms with Crippen LogP contribution >= 0.6 is 37.5 Å². The number of nitrogen functional groups attached to an aromatic ring is 1. The van der Waals surface area contributed by atoms with Crippen molar-refractivity contribution < 1.29 is 45.9 Å². The van der Waals surface area contributed by atoms with Gasteiger partial charge in [-0.25, -0.2) is 29.5 Å². The molecule has 0 spiro atoms. The molecule has 2 bridgehead atoms. The number of aryl methyl sites for hydroxylation is 1. The molecule has 0 amide bonds. The molecule has 8 rings (SSSR count). The lowest BCUT2D eigenvalue weighted by Gasteiger charge is -2.41. The fourth-order valence-electron chi connectivity index (χ4n) is 7.49. The molecule has 4 aliphatic rings. The molecule has 4 aliphatic heterocycles. The summed E-state index contributed by atoms with van der Waals surface area (Å²) in [6.45, 7) is 12.0. The molecule has 336 valence electrons. The first-order chi connectivity index (χ1) is 28.4. The maximum absolute atomic E-state index is 14.7. The van der Waals surface area contributed by atoms with Gasteiger partial charge in [-0.3, -0.25) is 18.1 Å². The van der Waals surface area contributed by atoms with Gasteiger partial charge in [-0.1, -0.05) is 53.8 Å². The highest BCUT2D eigenvalue weighted by molar-refractivity contribution is 8.44. The third-order valence-corrected chi connectivity index (χ3v) is 26.0. The van der Waals surface area contributed by atoms with Gasteiger partial charge in [-0.2, -0.15) is 0 Å². The Morgan fingerprint density at radius 1 is 0.869 bits per heavy atom. The Hall–Kier alpha value is -1.38. The van der Waals surface area contributed by atoms with Crippen LogP contribution in [0.3, 0.4) is 0 Å². The highest BCUT2D eigenvalue weighted by Gasteiger charge is 2.57. The maximum atomic E-state index is 14.7. The molecule has 3 fully saturated rings. The van der Waals surface area contributed by atoms with E-state index < -0.39 is 79.2 Å². The number of ether oxygens (including phenoxy) is 2. The van der Waals surface area contributed by atoms with Gasteiger partial charge < -0.3 is 38.0 Å². The third kappa shape index (κ3) is 8.99. The molecule has 0 aliphatic carbocycles. The summed E-state index contributed by atoms with van der Waals surface area (Å²) in [5, 5.41) is 1.36. The highest BCUT2D eigenvalue weighted by atomic mass is 32.7. The van der Waals surface area contributed by atoms with E-state index in [4.69, 9.17) is 58.9 Å². The van der Waals surface area contributed by atoms with Crippen LogP contribution in [0, 0.1) is 0 Å². The Labute approximate surface area is 372 Å². The van der Waals surface area contributed by atoms with Crippen molar-refractivity contribution in [3.8, 4) is 0 Å². The van der Waals surface area contributed by atoms with Crippen LogP contribution < -0.4 is 5.73 Å². The number of anilines is 1. The molecule has 61 heavy (non-hydrogen) atoms. The van der Waals surface area contributed by atoms with E-state index in [0.717, 1.165) is 34.6 Å². The summed E-state index contributed by atoms with van der Waals surface area (Å²) in [5.41, 5.74) is 8.60.